The van der Waals surface area contributed by atoms with Gasteiger partial charge in [-0.25, -0.2) is 9.67 Å². The monoisotopic (exact) mass is 228 g/mol. The molecule has 6 heteroatoms. The molecule has 0 saturated carbocycles. The zero-order chi connectivity index (χ0) is 9.97. The van der Waals surface area contributed by atoms with Crippen molar-refractivity contribution in [1.29, 1.82) is 0 Å². The van der Waals surface area contributed by atoms with Crippen LogP contribution in [-0.4, -0.2) is 14.8 Å². The lowest BCUT2D eigenvalue weighted by molar-refractivity contribution is 0.679. The Labute approximate surface area is 90.3 Å². The first kappa shape index (κ1) is 9.64. The first-order valence-electron chi connectivity index (χ1n) is 4.10. The fourth-order valence-corrected chi connectivity index (χ4v) is 2.18. The van der Waals surface area contributed by atoms with Crippen LogP contribution in [0, 0.1) is 0 Å². The molecule has 0 saturated heterocycles. The standard InChI is InChI=1S/C8H9ClN4S/c9-7-2-1-6(14-7)4-13-5-11-8(3-10)12-13/h1-2,5H,3-4,10H2. The highest BCUT2D eigenvalue weighted by molar-refractivity contribution is 7.16. The third kappa shape index (κ3) is 2.12. The van der Waals surface area contributed by atoms with Crippen molar-refractivity contribution in [3.8, 4) is 0 Å². The molecule has 0 aromatic carbocycles. The van der Waals surface area contributed by atoms with Gasteiger partial charge in [-0.3, -0.25) is 0 Å². The second-order valence-corrected chi connectivity index (χ2v) is 4.57. The Morgan fingerprint density at radius 2 is 2.36 bits per heavy atom. The summed E-state index contributed by atoms with van der Waals surface area (Å²) in [6.45, 7) is 1.07. The van der Waals surface area contributed by atoms with E-state index < -0.39 is 0 Å². The summed E-state index contributed by atoms with van der Waals surface area (Å²) in [5.74, 6) is 0.660. The Bertz CT molecular complexity index is 422. The quantitative estimate of drug-likeness (QED) is 0.866. The van der Waals surface area contributed by atoms with Crippen LogP contribution in [0.3, 0.4) is 0 Å². The summed E-state index contributed by atoms with van der Waals surface area (Å²) in [7, 11) is 0. The van der Waals surface area contributed by atoms with Crippen LogP contribution in [0.1, 0.15) is 10.7 Å². The molecule has 0 aliphatic rings. The summed E-state index contributed by atoms with van der Waals surface area (Å²) in [5, 5.41) is 4.18. The van der Waals surface area contributed by atoms with Crippen molar-refractivity contribution in [2.24, 2.45) is 5.73 Å². The predicted octanol–water partition coefficient (Wildman–Crippen LogP) is 1.50. The molecule has 0 unspecified atom stereocenters. The van der Waals surface area contributed by atoms with Crippen LogP contribution >= 0.6 is 22.9 Å². The SMILES string of the molecule is NCc1ncn(Cc2ccc(Cl)s2)n1. The van der Waals surface area contributed by atoms with Gasteiger partial charge >= 0.3 is 0 Å². The van der Waals surface area contributed by atoms with Crippen LogP contribution in [0.15, 0.2) is 18.5 Å². The van der Waals surface area contributed by atoms with Gasteiger partial charge in [0.1, 0.15) is 6.33 Å². The third-order valence-electron chi connectivity index (χ3n) is 1.71. The Balaban J connectivity index is 2.10. The van der Waals surface area contributed by atoms with E-state index in [2.05, 4.69) is 10.1 Å². The topological polar surface area (TPSA) is 56.7 Å². The minimum atomic E-state index is 0.373. The van der Waals surface area contributed by atoms with Crippen molar-refractivity contribution < 1.29 is 0 Å². The molecule has 4 nitrogen and oxygen atoms in total. The minimum absolute atomic E-state index is 0.373. The smallest absolute Gasteiger partial charge is 0.164 e. The van der Waals surface area contributed by atoms with E-state index in [1.54, 1.807) is 22.3 Å². The maximum absolute atomic E-state index is 5.81. The van der Waals surface area contributed by atoms with E-state index in [0.29, 0.717) is 18.9 Å². The third-order valence-corrected chi connectivity index (χ3v) is 2.93. The van der Waals surface area contributed by atoms with E-state index in [4.69, 9.17) is 17.3 Å². The average Bonchev–Trinajstić information content (AvgIpc) is 2.76. The molecule has 0 fully saturated rings. The van der Waals surface area contributed by atoms with Gasteiger partial charge in [0.2, 0.25) is 0 Å². The summed E-state index contributed by atoms with van der Waals surface area (Å²) in [6, 6.07) is 3.86. The highest BCUT2D eigenvalue weighted by Gasteiger charge is 2.01. The number of rotatable bonds is 3. The summed E-state index contributed by atoms with van der Waals surface area (Å²) in [4.78, 5) is 5.19. The fourth-order valence-electron chi connectivity index (χ4n) is 1.10. The first-order valence-corrected chi connectivity index (χ1v) is 5.30. The number of aromatic nitrogens is 3. The van der Waals surface area contributed by atoms with E-state index in [9.17, 15) is 0 Å². The molecule has 0 amide bonds. The van der Waals surface area contributed by atoms with Crippen molar-refractivity contribution in [3.05, 3.63) is 33.5 Å². The molecular weight excluding hydrogens is 220 g/mol. The molecular formula is C8H9ClN4S. The number of thiophene rings is 1. The van der Waals surface area contributed by atoms with Crippen molar-refractivity contribution in [2.75, 3.05) is 0 Å². The van der Waals surface area contributed by atoms with E-state index in [1.807, 2.05) is 12.1 Å². The number of hydrogen-bond donors (Lipinski definition) is 1. The van der Waals surface area contributed by atoms with Gasteiger partial charge in [0, 0.05) is 4.88 Å². The van der Waals surface area contributed by atoms with E-state index in [0.717, 1.165) is 9.21 Å². The normalized spacial score (nSPS) is 10.7. The summed E-state index contributed by atoms with van der Waals surface area (Å²) in [5.41, 5.74) is 5.40. The van der Waals surface area contributed by atoms with Crippen molar-refractivity contribution in [3.63, 3.8) is 0 Å². The van der Waals surface area contributed by atoms with Gasteiger partial charge in [-0.2, -0.15) is 5.10 Å². The Morgan fingerprint density at radius 3 is 2.93 bits per heavy atom. The van der Waals surface area contributed by atoms with Crippen LogP contribution in [0.4, 0.5) is 0 Å². The van der Waals surface area contributed by atoms with E-state index in [-0.39, 0.29) is 0 Å². The summed E-state index contributed by atoms with van der Waals surface area (Å²) in [6.07, 6.45) is 1.68. The Kier molecular flexibility index (Phi) is 2.81. The molecule has 0 spiro atoms. The molecule has 0 atom stereocenters. The van der Waals surface area contributed by atoms with Crippen LogP contribution in [0.2, 0.25) is 4.34 Å². The fraction of sp³-hybridized carbons (Fsp3) is 0.250. The molecule has 0 aliphatic carbocycles. The zero-order valence-electron chi connectivity index (χ0n) is 7.35. The van der Waals surface area contributed by atoms with Crippen molar-refractivity contribution in [1.82, 2.24) is 14.8 Å². The largest absolute Gasteiger partial charge is 0.324 e. The molecule has 0 bridgehead atoms. The van der Waals surface area contributed by atoms with E-state index in [1.165, 1.54) is 0 Å². The molecule has 2 aromatic rings. The lowest BCUT2D eigenvalue weighted by Crippen LogP contribution is -2.02. The summed E-state index contributed by atoms with van der Waals surface area (Å²) < 4.78 is 2.55. The molecule has 14 heavy (non-hydrogen) atoms. The molecule has 74 valence electrons. The van der Waals surface area contributed by atoms with Gasteiger partial charge < -0.3 is 5.73 Å². The minimum Gasteiger partial charge on any atom is -0.324 e. The predicted molar refractivity (Wildman–Crippen MR) is 56.3 cm³/mol. The Morgan fingerprint density at radius 1 is 1.50 bits per heavy atom. The maximum Gasteiger partial charge on any atom is 0.164 e. The highest BCUT2D eigenvalue weighted by atomic mass is 35.5. The molecule has 2 aromatic heterocycles. The van der Waals surface area contributed by atoms with Crippen LogP contribution in [0.5, 0.6) is 0 Å². The maximum atomic E-state index is 5.81. The first-order chi connectivity index (χ1) is 6.78. The highest BCUT2D eigenvalue weighted by Crippen LogP contribution is 2.21. The van der Waals surface area contributed by atoms with Crippen LogP contribution in [0.25, 0.3) is 0 Å². The number of nitrogens with two attached hydrogens (primary N) is 1. The van der Waals surface area contributed by atoms with Crippen molar-refractivity contribution in [2.45, 2.75) is 13.1 Å². The molecule has 2 rings (SSSR count). The van der Waals surface area contributed by atoms with Crippen molar-refractivity contribution >= 4 is 22.9 Å². The van der Waals surface area contributed by atoms with Crippen LogP contribution < -0.4 is 5.73 Å². The lowest BCUT2D eigenvalue weighted by atomic mass is 10.5. The summed E-state index contributed by atoms with van der Waals surface area (Å²) >= 11 is 7.36. The Hall–Kier alpha value is -0.910. The van der Waals surface area contributed by atoms with E-state index >= 15 is 0 Å². The second kappa shape index (κ2) is 4.08. The van der Waals surface area contributed by atoms with Gasteiger partial charge in [0.25, 0.3) is 0 Å². The average molecular weight is 229 g/mol. The number of halogens is 1. The van der Waals surface area contributed by atoms with Gasteiger partial charge in [-0.05, 0) is 12.1 Å². The zero-order valence-corrected chi connectivity index (χ0v) is 8.92. The number of hydrogen-bond acceptors (Lipinski definition) is 4. The van der Waals surface area contributed by atoms with Crippen LogP contribution in [-0.2, 0) is 13.1 Å². The molecule has 0 aliphatic heterocycles. The van der Waals surface area contributed by atoms with Gasteiger partial charge in [0.05, 0.1) is 17.4 Å². The molecule has 0 radical (unpaired) electrons. The number of nitrogens with zero attached hydrogens (tertiary/aromatic N) is 3. The van der Waals surface area contributed by atoms with Gasteiger partial charge in [-0.1, -0.05) is 11.6 Å². The second-order valence-electron chi connectivity index (χ2n) is 2.77. The lowest BCUT2D eigenvalue weighted by Gasteiger charge is -1.95. The van der Waals surface area contributed by atoms with Gasteiger partial charge in [-0.15, -0.1) is 11.3 Å². The van der Waals surface area contributed by atoms with Gasteiger partial charge in [0.15, 0.2) is 5.82 Å². The molecule has 2 N–H and O–H groups in total. The molecule has 2 heterocycles.